The molecule has 0 heterocycles. The zero-order valence-corrected chi connectivity index (χ0v) is 12.4. The van der Waals surface area contributed by atoms with Crippen molar-refractivity contribution in [3.63, 3.8) is 0 Å². The summed E-state index contributed by atoms with van der Waals surface area (Å²) in [5.74, 6) is 0. The summed E-state index contributed by atoms with van der Waals surface area (Å²) >= 11 is 3.45. The van der Waals surface area contributed by atoms with Gasteiger partial charge in [-0.2, -0.15) is 0 Å². The fourth-order valence-electron chi connectivity index (χ4n) is 1.92. The maximum Gasteiger partial charge on any atom is 0.0231 e. The number of benzene rings is 1. The summed E-state index contributed by atoms with van der Waals surface area (Å²) in [7, 11) is 2.13. The molecule has 0 aliphatic carbocycles. The topological polar surface area (TPSA) is 29.3 Å². The van der Waals surface area contributed by atoms with E-state index in [-0.39, 0.29) is 0 Å². The van der Waals surface area contributed by atoms with Gasteiger partial charge < -0.3 is 10.6 Å². The van der Waals surface area contributed by atoms with Crippen molar-refractivity contribution < 1.29 is 0 Å². The predicted molar refractivity (Wildman–Crippen MR) is 78.0 cm³/mol. The van der Waals surface area contributed by atoms with Crippen LogP contribution < -0.4 is 5.73 Å². The highest BCUT2D eigenvalue weighted by molar-refractivity contribution is 9.10. The van der Waals surface area contributed by atoms with Gasteiger partial charge >= 0.3 is 0 Å². The molecule has 1 atom stereocenters. The van der Waals surface area contributed by atoms with E-state index in [0.717, 1.165) is 24.0 Å². The first-order valence-electron chi connectivity index (χ1n) is 6.30. The van der Waals surface area contributed by atoms with Crippen LogP contribution in [-0.4, -0.2) is 24.5 Å². The van der Waals surface area contributed by atoms with E-state index < -0.39 is 0 Å². The highest BCUT2D eigenvalue weighted by Gasteiger charge is 2.06. The van der Waals surface area contributed by atoms with Crippen molar-refractivity contribution in [3.8, 4) is 0 Å². The van der Waals surface area contributed by atoms with Gasteiger partial charge in [0, 0.05) is 23.6 Å². The Hall–Kier alpha value is -0.380. The third kappa shape index (κ3) is 6.20. The number of halogens is 1. The van der Waals surface area contributed by atoms with Crippen LogP contribution in [-0.2, 0) is 6.54 Å². The molecule has 3 heteroatoms. The molecule has 96 valence electrons. The normalized spacial score (nSPS) is 13.0. The van der Waals surface area contributed by atoms with Gasteiger partial charge in [0.2, 0.25) is 0 Å². The van der Waals surface area contributed by atoms with Crippen LogP contribution >= 0.6 is 15.9 Å². The van der Waals surface area contributed by atoms with Crippen molar-refractivity contribution in [1.82, 2.24) is 4.90 Å². The molecule has 2 nitrogen and oxygen atoms in total. The second-order valence-corrected chi connectivity index (χ2v) is 5.64. The van der Waals surface area contributed by atoms with Crippen LogP contribution in [0.25, 0.3) is 0 Å². The minimum atomic E-state index is 0.301. The summed E-state index contributed by atoms with van der Waals surface area (Å²) in [4.78, 5) is 2.30. The summed E-state index contributed by atoms with van der Waals surface area (Å²) in [6, 6.07) is 8.77. The maximum absolute atomic E-state index is 6.09. The van der Waals surface area contributed by atoms with Crippen molar-refractivity contribution >= 4 is 15.9 Å². The van der Waals surface area contributed by atoms with Gasteiger partial charge in [0.1, 0.15) is 0 Å². The molecule has 0 aliphatic heterocycles. The summed E-state index contributed by atoms with van der Waals surface area (Å²) in [5, 5.41) is 0. The van der Waals surface area contributed by atoms with Crippen LogP contribution in [0.5, 0.6) is 0 Å². The van der Waals surface area contributed by atoms with E-state index in [1.807, 2.05) is 0 Å². The molecule has 17 heavy (non-hydrogen) atoms. The van der Waals surface area contributed by atoms with Gasteiger partial charge in [-0.25, -0.2) is 0 Å². The van der Waals surface area contributed by atoms with E-state index in [9.17, 15) is 0 Å². The van der Waals surface area contributed by atoms with Gasteiger partial charge in [0.15, 0.2) is 0 Å². The molecule has 0 spiro atoms. The summed E-state index contributed by atoms with van der Waals surface area (Å²) in [6.45, 7) is 4.14. The molecule has 0 aromatic heterocycles. The Bertz CT molecular complexity index is 311. The molecule has 1 aromatic rings. The van der Waals surface area contributed by atoms with Gasteiger partial charge in [-0.1, -0.05) is 47.8 Å². The molecule has 1 rings (SSSR count). The van der Waals surface area contributed by atoms with Crippen LogP contribution in [0.15, 0.2) is 28.7 Å². The van der Waals surface area contributed by atoms with E-state index in [4.69, 9.17) is 5.73 Å². The molecule has 2 N–H and O–H groups in total. The molecule has 1 aromatic carbocycles. The lowest BCUT2D eigenvalue weighted by Gasteiger charge is -2.21. The van der Waals surface area contributed by atoms with Gasteiger partial charge in [-0.05, 0) is 31.2 Å². The Morgan fingerprint density at radius 1 is 1.29 bits per heavy atom. The van der Waals surface area contributed by atoms with Crippen molar-refractivity contribution in [3.05, 3.63) is 34.3 Å². The van der Waals surface area contributed by atoms with E-state index in [1.54, 1.807) is 0 Å². The fraction of sp³-hybridized carbons (Fsp3) is 0.571. The fourth-order valence-corrected chi connectivity index (χ4v) is 2.19. The number of hydrogen-bond donors (Lipinski definition) is 1. The van der Waals surface area contributed by atoms with Gasteiger partial charge in [-0.3, -0.25) is 0 Å². The summed E-state index contributed by atoms with van der Waals surface area (Å²) < 4.78 is 1.13. The zero-order valence-electron chi connectivity index (χ0n) is 10.8. The van der Waals surface area contributed by atoms with Crippen molar-refractivity contribution in [2.24, 2.45) is 5.73 Å². The van der Waals surface area contributed by atoms with Crippen LogP contribution in [0, 0.1) is 0 Å². The summed E-state index contributed by atoms with van der Waals surface area (Å²) in [6.07, 6.45) is 3.58. The Morgan fingerprint density at radius 2 is 1.94 bits per heavy atom. The highest BCUT2D eigenvalue weighted by atomic mass is 79.9. The number of nitrogens with zero attached hydrogens (tertiary/aromatic N) is 1. The Labute approximate surface area is 113 Å². The quantitative estimate of drug-likeness (QED) is 0.836. The molecule has 0 aliphatic rings. The third-order valence-electron chi connectivity index (χ3n) is 2.84. The molecule has 0 saturated carbocycles. The first kappa shape index (κ1) is 14.7. The number of unbranched alkanes of at least 4 members (excludes halogenated alkanes) is 1. The SMILES string of the molecule is CCCCC(N)CN(C)Cc1ccc(Br)cc1. The second kappa shape index (κ2) is 7.85. The van der Waals surface area contributed by atoms with E-state index in [1.165, 1.54) is 18.4 Å². The molecule has 0 radical (unpaired) electrons. The average molecular weight is 299 g/mol. The lowest BCUT2D eigenvalue weighted by Crippen LogP contribution is -2.34. The van der Waals surface area contributed by atoms with E-state index in [2.05, 4.69) is 59.1 Å². The van der Waals surface area contributed by atoms with Gasteiger partial charge in [0.05, 0.1) is 0 Å². The standard InChI is InChI=1S/C14H23BrN2/c1-3-4-5-14(16)11-17(2)10-12-6-8-13(15)9-7-12/h6-9,14H,3-5,10-11,16H2,1-2H3. The third-order valence-corrected chi connectivity index (χ3v) is 3.37. The number of hydrogen-bond acceptors (Lipinski definition) is 2. The maximum atomic E-state index is 6.09. The molecule has 0 saturated heterocycles. The van der Waals surface area contributed by atoms with Crippen LogP contribution in [0.2, 0.25) is 0 Å². The predicted octanol–water partition coefficient (Wildman–Crippen LogP) is 3.40. The van der Waals surface area contributed by atoms with E-state index in [0.29, 0.717) is 6.04 Å². The van der Waals surface area contributed by atoms with Crippen LogP contribution in [0.1, 0.15) is 31.7 Å². The Kier molecular flexibility index (Phi) is 6.78. The Morgan fingerprint density at radius 3 is 2.53 bits per heavy atom. The summed E-state index contributed by atoms with van der Waals surface area (Å²) in [5.41, 5.74) is 7.42. The van der Waals surface area contributed by atoms with Crippen LogP contribution in [0.3, 0.4) is 0 Å². The first-order chi connectivity index (χ1) is 8.11. The largest absolute Gasteiger partial charge is 0.327 e. The molecule has 0 amide bonds. The van der Waals surface area contributed by atoms with Crippen molar-refractivity contribution in [2.45, 2.75) is 38.8 Å². The highest BCUT2D eigenvalue weighted by Crippen LogP contribution is 2.12. The Balaban J connectivity index is 2.33. The molecule has 0 bridgehead atoms. The monoisotopic (exact) mass is 298 g/mol. The van der Waals surface area contributed by atoms with Crippen molar-refractivity contribution in [2.75, 3.05) is 13.6 Å². The molecular formula is C14H23BrN2. The van der Waals surface area contributed by atoms with Crippen molar-refractivity contribution in [1.29, 1.82) is 0 Å². The minimum absolute atomic E-state index is 0.301. The minimum Gasteiger partial charge on any atom is -0.327 e. The van der Waals surface area contributed by atoms with Gasteiger partial charge in [-0.15, -0.1) is 0 Å². The molecule has 1 unspecified atom stereocenters. The van der Waals surface area contributed by atoms with Crippen LogP contribution in [0.4, 0.5) is 0 Å². The first-order valence-corrected chi connectivity index (χ1v) is 7.09. The van der Waals surface area contributed by atoms with Gasteiger partial charge in [0.25, 0.3) is 0 Å². The van der Waals surface area contributed by atoms with E-state index >= 15 is 0 Å². The second-order valence-electron chi connectivity index (χ2n) is 4.73. The average Bonchev–Trinajstić information content (AvgIpc) is 2.29. The number of rotatable bonds is 7. The lowest BCUT2D eigenvalue weighted by molar-refractivity contribution is 0.295. The number of likely N-dealkylation sites (N-methyl/N-ethyl adjacent to an activating group) is 1. The lowest BCUT2D eigenvalue weighted by atomic mass is 10.1. The molecule has 0 fully saturated rings. The number of nitrogens with two attached hydrogens (primary N) is 1. The zero-order chi connectivity index (χ0) is 12.7. The molecular weight excluding hydrogens is 276 g/mol. The smallest absolute Gasteiger partial charge is 0.0231 e.